The van der Waals surface area contributed by atoms with Crippen LogP contribution in [0.2, 0.25) is 0 Å². The number of carbonyl (C=O) groups is 1. The minimum atomic E-state index is -0.0903. The molecule has 3 nitrogen and oxygen atoms in total. The Labute approximate surface area is 133 Å². The van der Waals surface area contributed by atoms with Crippen LogP contribution in [-0.4, -0.2) is 30.9 Å². The smallest absolute Gasteiger partial charge is 0.243 e. The monoisotopic (exact) mass is 308 g/mol. The van der Waals surface area contributed by atoms with Crippen LogP contribution < -0.4 is 5.32 Å². The van der Waals surface area contributed by atoms with Crippen molar-refractivity contribution in [1.29, 1.82) is 0 Å². The fourth-order valence-corrected chi connectivity index (χ4v) is 2.27. The molecule has 0 spiro atoms. The Hall–Kier alpha value is -1.32. The molecule has 1 N–H and O–H groups in total. The first-order valence-electron chi connectivity index (χ1n) is 7.38. The van der Waals surface area contributed by atoms with Crippen molar-refractivity contribution in [3.63, 3.8) is 0 Å². The number of nitrogens with zero attached hydrogens (tertiary/aromatic N) is 1. The van der Waals surface area contributed by atoms with Gasteiger partial charge in [0.2, 0.25) is 5.91 Å². The van der Waals surface area contributed by atoms with Gasteiger partial charge in [0.1, 0.15) is 0 Å². The van der Waals surface area contributed by atoms with Crippen LogP contribution in [0.15, 0.2) is 36.9 Å². The summed E-state index contributed by atoms with van der Waals surface area (Å²) in [5.74, 6) is 0.478. The second kappa shape index (κ2) is 10.4. The number of rotatable bonds is 10. The van der Waals surface area contributed by atoms with Crippen LogP contribution in [0, 0.1) is 0 Å². The van der Waals surface area contributed by atoms with Crippen LogP contribution in [-0.2, 0) is 17.2 Å². The first-order chi connectivity index (χ1) is 10.2. The van der Waals surface area contributed by atoms with E-state index < -0.39 is 0 Å². The van der Waals surface area contributed by atoms with E-state index in [0.29, 0.717) is 5.88 Å². The molecule has 0 aliphatic heterocycles. The maximum Gasteiger partial charge on any atom is 0.243 e. The van der Waals surface area contributed by atoms with E-state index in [0.717, 1.165) is 44.5 Å². The van der Waals surface area contributed by atoms with Gasteiger partial charge in [-0.05, 0) is 43.6 Å². The van der Waals surface area contributed by atoms with E-state index in [2.05, 4.69) is 48.1 Å². The van der Waals surface area contributed by atoms with Crippen molar-refractivity contribution < 1.29 is 4.79 Å². The average molecular weight is 309 g/mol. The molecule has 116 valence electrons. The van der Waals surface area contributed by atoms with E-state index in [1.54, 1.807) is 0 Å². The molecule has 0 heterocycles. The highest BCUT2D eigenvalue weighted by molar-refractivity contribution is 6.17. The predicted octanol–water partition coefficient (Wildman–Crippen LogP) is 3.33. The molecular formula is C17H25ClN2O. The zero-order valence-electron chi connectivity index (χ0n) is 12.8. The van der Waals surface area contributed by atoms with E-state index in [9.17, 15) is 4.79 Å². The van der Waals surface area contributed by atoms with Gasteiger partial charge in [-0.3, -0.25) is 4.79 Å². The van der Waals surface area contributed by atoms with Gasteiger partial charge in [0.05, 0.1) is 0 Å². The number of hydrogen-bond donors (Lipinski definition) is 1. The number of halogens is 1. The Morgan fingerprint density at radius 3 is 2.52 bits per heavy atom. The van der Waals surface area contributed by atoms with Gasteiger partial charge < -0.3 is 10.2 Å². The standard InChI is InChI=1S/C17H25ClN2O/c1-3-17(21)19-11-5-4-6-12-20(2)14-16-9-7-15(13-18)8-10-16/h3,7-10H,1,4-6,11-14H2,2H3,(H,19,21). The normalized spacial score (nSPS) is 10.6. The van der Waals surface area contributed by atoms with Crippen molar-refractivity contribution in [3.05, 3.63) is 48.0 Å². The number of amides is 1. The lowest BCUT2D eigenvalue weighted by Crippen LogP contribution is -2.22. The topological polar surface area (TPSA) is 32.3 Å². The second-order valence-corrected chi connectivity index (χ2v) is 5.51. The van der Waals surface area contributed by atoms with Crippen LogP contribution in [0.1, 0.15) is 30.4 Å². The molecule has 1 amide bonds. The van der Waals surface area contributed by atoms with Gasteiger partial charge in [0, 0.05) is 19.0 Å². The van der Waals surface area contributed by atoms with Crippen molar-refractivity contribution in [2.75, 3.05) is 20.1 Å². The third-order valence-electron chi connectivity index (χ3n) is 3.33. The molecule has 0 radical (unpaired) electrons. The minimum absolute atomic E-state index is 0.0903. The van der Waals surface area contributed by atoms with Crippen molar-refractivity contribution in [2.45, 2.75) is 31.7 Å². The predicted molar refractivity (Wildman–Crippen MR) is 89.4 cm³/mol. The summed E-state index contributed by atoms with van der Waals surface area (Å²) in [7, 11) is 2.13. The molecular weight excluding hydrogens is 284 g/mol. The molecule has 1 aromatic rings. The van der Waals surface area contributed by atoms with Gasteiger partial charge in [0.25, 0.3) is 0 Å². The van der Waals surface area contributed by atoms with Gasteiger partial charge in [-0.15, -0.1) is 11.6 Å². The van der Waals surface area contributed by atoms with Crippen LogP contribution >= 0.6 is 11.6 Å². The Kier molecular flexibility index (Phi) is 8.79. The molecule has 4 heteroatoms. The van der Waals surface area contributed by atoms with Crippen LogP contribution in [0.5, 0.6) is 0 Å². The molecule has 1 aromatic carbocycles. The number of benzene rings is 1. The Morgan fingerprint density at radius 1 is 1.24 bits per heavy atom. The Morgan fingerprint density at radius 2 is 1.90 bits per heavy atom. The first kappa shape index (κ1) is 17.7. The summed E-state index contributed by atoms with van der Waals surface area (Å²) in [4.78, 5) is 13.3. The van der Waals surface area contributed by atoms with Crippen LogP contribution in [0.4, 0.5) is 0 Å². The van der Waals surface area contributed by atoms with Crippen molar-refractivity contribution in [1.82, 2.24) is 10.2 Å². The lowest BCUT2D eigenvalue weighted by molar-refractivity contribution is -0.116. The lowest BCUT2D eigenvalue weighted by Gasteiger charge is -2.16. The third kappa shape index (κ3) is 7.88. The number of alkyl halides is 1. The van der Waals surface area contributed by atoms with Crippen molar-refractivity contribution in [2.24, 2.45) is 0 Å². The first-order valence-corrected chi connectivity index (χ1v) is 7.91. The molecule has 1 rings (SSSR count). The molecule has 0 atom stereocenters. The number of nitrogens with one attached hydrogen (secondary N) is 1. The SMILES string of the molecule is C=CC(=O)NCCCCCN(C)Cc1ccc(CCl)cc1. The summed E-state index contributed by atoms with van der Waals surface area (Å²) in [6, 6.07) is 8.44. The molecule has 0 fully saturated rings. The minimum Gasteiger partial charge on any atom is -0.353 e. The van der Waals surface area contributed by atoms with Gasteiger partial charge in [-0.1, -0.05) is 37.3 Å². The summed E-state index contributed by atoms with van der Waals surface area (Å²) < 4.78 is 0. The quantitative estimate of drug-likeness (QED) is 0.408. The lowest BCUT2D eigenvalue weighted by atomic mass is 10.1. The van der Waals surface area contributed by atoms with E-state index in [4.69, 9.17) is 11.6 Å². The van der Waals surface area contributed by atoms with Gasteiger partial charge in [-0.25, -0.2) is 0 Å². The molecule has 21 heavy (non-hydrogen) atoms. The van der Waals surface area contributed by atoms with Crippen LogP contribution in [0.25, 0.3) is 0 Å². The fraction of sp³-hybridized carbons (Fsp3) is 0.471. The maximum atomic E-state index is 11.0. The highest BCUT2D eigenvalue weighted by Crippen LogP contribution is 2.09. The summed E-state index contributed by atoms with van der Waals surface area (Å²) in [5, 5.41) is 2.79. The number of hydrogen-bond acceptors (Lipinski definition) is 2. The zero-order chi connectivity index (χ0) is 15.5. The van der Waals surface area contributed by atoms with E-state index in [1.165, 1.54) is 11.6 Å². The largest absolute Gasteiger partial charge is 0.353 e. The summed E-state index contributed by atoms with van der Waals surface area (Å²) in [5.41, 5.74) is 2.47. The Balaban J connectivity index is 2.11. The van der Waals surface area contributed by atoms with Crippen LogP contribution in [0.3, 0.4) is 0 Å². The fourth-order valence-electron chi connectivity index (χ4n) is 2.09. The summed E-state index contributed by atoms with van der Waals surface area (Å²) in [6.07, 6.45) is 4.58. The zero-order valence-corrected chi connectivity index (χ0v) is 13.5. The summed E-state index contributed by atoms with van der Waals surface area (Å²) in [6.45, 7) is 6.17. The van der Waals surface area contributed by atoms with E-state index >= 15 is 0 Å². The molecule has 0 saturated carbocycles. The molecule has 0 aliphatic rings. The highest BCUT2D eigenvalue weighted by atomic mass is 35.5. The molecule has 0 aliphatic carbocycles. The van der Waals surface area contributed by atoms with Crippen molar-refractivity contribution in [3.8, 4) is 0 Å². The van der Waals surface area contributed by atoms with Gasteiger partial charge in [-0.2, -0.15) is 0 Å². The van der Waals surface area contributed by atoms with Gasteiger partial charge >= 0.3 is 0 Å². The molecule has 0 unspecified atom stereocenters. The second-order valence-electron chi connectivity index (χ2n) is 5.24. The average Bonchev–Trinajstić information content (AvgIpc) is 2.51. The third-order valence-corrected chi connectivity index (χ3v) is 3.64. The number of carbonyl (C=O) groups excluding carboxylic acids is 1. The highest BCUT2D eigenvalue weighted by Gasteiger charge is 2.01. The molecule has 0 aromatic heterocycles. The molecule has 0 saturated heterocycles. The van der Waals surface area contributed by atoms with Gasteiger partial charge in [0.15, 0.2) is 0 Å². The van der Waals surface area contributed by atoms with E-state index in [-0.39, 0.29) is 5.91 Å². The summed E-state index contributed by atoms with van der Waals surface area (Å²) >= 11 is 5.78. The van der Waals surface area contributed by atoms with E-state index in [1.807, 2.05) is 0 Å². The number of unbranched alkanes of at least 4 members (excludes halogenated alkanes) is 2. The Bertz CT molecular complexity index is 431. The van der Waals surface area contributed by atoms with Crippen molar-refractivity contribution >= 4 is 17.5 Å². The molecule has 0 bridgehead atoms. The maximum absolute atomic E-state index is 11.0.